The fourth-order valence-corrected chi connectivity index (χ4v) is 3.51. The van der Waals surface area contributed by atoms with Crippen molar-refractivity contribution in [1.29, 1.82) is 0 Å². The van der Waals surface area contributed by atoms with E-state index in [2.05, 4.69) is 5.92 Å². The third-order valence-corrected chi connectivity index (χ3v) is 4.19. The minimum atomic E-state index is -0.510. The summed E-state index contributed by atoms with van der Waals surface area (Å²) in [7, 11) is 0. The first-order chi connectivity index (χ1) is 6.76. The van der Waals surface area contributed by atoms with Crippen LogP contribution in [0.4, 0.5) is 0 Å². The van der Waals surface area contributed by atoms with Crippen molar-refractivity contribution in [2.24, 2.45) is 11.8 Å². The Bertz CT molecular complexity index is 234. The van der Waals surface area contributed by atoms with Crippen molar-refractivity contribution in [1.82, 2.24) is 0 Å². The highest BCUT2D eigenvalue weighted by Gasteiger charge is 2.44. The topological polar surface area (TPSA) is 20.2 Å². The van der Waals surface area contributed by atoms with Gasteiger partial charge in [0, 0.05) is 6.42 Å². The Hall–Kier alpha value is -0.480. The fraction of sp³-hybridized carbons (Fsp3) is 0.846. The number of terminal acetylenes is 1. The van der Waals surface area contributed by atoms with Crippen LogP contribution >= 0.6 is 0 Å². The average Bonchev–Trinajstić information content (AvgIpc) is 2.73. The fourth-order valence-electron chi connectivity index (χ4n) is 3.51. The Morgan fingerprint density at radius 2 is 1.93 bits per heavy atom. The molecule has 0 unspecified atom stereocenters. The minimum Gasteiger partial charge on any atom is -0.389 e. The van der Waals surface area contributed by atoms with Gasteiger partial charge in [-0.15, -0.1) is 12.3 Å². The summed E-state index contributed by atoms with van der Waals surface area (Å²) in [5.74, 6) is 3.91. The van der Waals surface area contributed by atoms with Crippen molar-refractivity contribution in [3.63, 3.8) is 0 Å². The molecule has 78 valence electrons. The van der Waals surface area contributed by atoms with Gasteiger partial charge in [-0.1, -0.05) is 32.1 Å². The highest BCUT2D eigenvalue weighted by molar-refractivity contribution is 5.03. The van der Waals surface area contributed by atoms with Crippen LogP contribution in [0.5, 0.6) is 0 Å². The SMILES string of the molecule is C#CC[C@]1(O)CCC[C@H]1C1CCCC1. The molecular weight excluding hydrogens is 172 g/mol. The molecule has 0 heterocycles. The Morgan fingerprint density at radius 1 is 1.21 bits per heavy atom. The van der Waals surface area contributed by atoms with Gasteiger partial charge >= 0.3 is 0 Å². The zero-order valence-corrected chi connectivity index (χ0v) is 8.84. The molecule has 1 N–H and O–H groups in total. The first kappa shape index (κ1) is 10.1. The summed E-state index contributed by atoms with van der Waals surface area (Å²) >= 11 is 0. The molecule has 0 aromatic carbocycles. The molecule has 0 radical (unpaired) electrons. The quantitative estimate of drug-likeness (QED) is 0.667. The highest BCUT2D eigenvalue weighted by Crippen LogP contribution is 2.47. The van der Waals surface area contributed by atoms with Gasteiger partial charge in [-0.25, -0.2) is 0 Å². The molecule has 1 heteroatoms. The van der Waals surface area contributed by atoms with E-state index in [1.54, 1.807) is 0 Å². The highest BCUT2D eigenvalue weighted by atomic mass is 16.3. The van der Waals surface area contributed by atoms with E-state index in [9.17, 15) is 5.11 Å². The van der Waals surface area contributed by atoms with Gasteiger partial charge in [0.1, 0.15) is 0 Å². The Morgan fingerprint density at radius 3 is 2.57 bits per heavy atom. The standard InChI is InChI=1S/C13H20O/c1-2-9-13(14)10-5-8-12(13)11-6-3-4-7-11/h1,11-12,14H,3-10H2/t12-,13-/m0/s1. The molecule has 0 bridgehead atoms. The van der Waals surface area contributed by atoms with Crippen LogP contribution in [0.3, 0.4) is 0 Å². The largest absolute Gasteiger partial charge is 0.389 e. The maximum absolute atomic E-state index is 10.5. The molecule has 2 fully saturated rings. The summed E-state index contributed by atoms with van der Waals surface area (Å²) in [4.78, 5) is 0. The summed E-state index contributed by atoms with van der Waals surface area (Å²) in [6.45, 7) is 0. The van der Waals surface area contributed by atoms with E-state index in [-0.39, 0.29) is 0 Å². The first-order valence-corrected chi connectivity index (χ1v) is 5.92. The first-order valence-electron chi connectivity index (χ1n) is 5.92. The molecule has 0 amide bonds. The van der Waals surface area contributed by atoms with Crippen molar-refractivity contribution in [3.8, 4) is 12.3 Å². The van der Waals surface area contributed by atoms with Gasteiger partial charge in [0.05, 0.1) is 5.60 Å². The lowest BCUT2D eigenvalue weighted by Gasteiger charge is -2.32. The summed E-state index contributed by atoms with van der Waals surface area (Å²) in [6.07, 6.45) is 14.5. The zero-order chi connectivity index (χ0) is 10.0. The van der Waals surface area contributed by atoms with E-state index in [0.717, 1.165) is 12.3 Å². The molecular formula is C13H20O. The number of hydrogen-bond donors (Lipinski definition) is 1. The van der Waals surface area contributed by atoms with Crippen molar-refractivity contribution in [2.75, 3.05) is 0 Å². The summed E-state index contributed by atoms with van der Waals surface area (Å²) in [5, 5.41) is 10.5. The lowest BCUT2D eigenvalue weighted by molar-refractivity contribution is -0.0152. The molecule has 2 atom stereocenters. The second-order valence-electron chi connectivity index (χ2n) is 5.03. The van der Waals surface area contributed by atoms with Crippen LogP contribution in [-0.4, -0.2) is 10.7 Å². The molecule has 2 aliphatic carbocycles. The molecule has 0 aliphatic heterocycles. The van der Waals surface area contributed by atoms with E-state index in [0.29, 0.717) is 12.3 Å². The van der Waals surface area contributed by atoms with Crippen LogP contribution in [0.2, 0.25) is 0 Å². The molecule has 2 rings (SSSR count). The van der Waals surface area contributed by atoms with Crippen molar-refractivity contribution in [3.05, 3.63) is 0 Å². The molecule has 0 spiro atoms. The van der Waals surface area contributed by atoms with E-state index in [1.165, 1.54) is 38.5 Å². The van der Waals surface area contributed by atoms with E-state index in [1.807, 2.05) is 0 Å². The van der Waals surface area contributed by atoms with Gasteiger partial charge < -0.3 is 5.11 Å². The summed E-state index contributed by atoms with van der Waals surface area (Å²) in [5.41, 5.74) is -0.510. The molecule has 2 saturated carbocycles. The molecule has 0 aromatic heterocycles. The zero-order valence-electron chi connectivity index (χ0n) is 8.84. The van der Waals surface area contributed by atoms with Crippen LogP contribution in [0.15, 0.2) is 0 Å². The van der Waals surface area contributed by atoms with Gasteiger partial charge in [-0.05, 0) is 24.7 Å². The van der Waals surface area contributed by atoms with Gasteiger partial charge in [-0.2, -0.15) is 0 Å². The van der Waals surface area contributed by atoms with E-state index < -0.39 is 5.60 Å². The van der Waals surface area contributed by atoms with Gasteiger partial charge in [0.15, 0.2) is 0 Å². The van der Waals surface area contributed by atoms with Crippen LogP contribution in [0, 0.1) is 24.2 Å². The van der Waals surface area contributed by atoms with E-state index >= 15 is 0 Å². The van der Waals surface area contributed by atoms with Crippen molar-refractivity contribution in [2.45, 2.75) is 57.0 Å². The van der Waals surface area contributed by atoms with Crippen LogP contribution in [-0.2, 0) is 0 Å². The van der Waals surface area contributed by atoms with Crippen LogP contribution < -0.4 is 0 Å². The molecule has 0 saturated heterocycles. The lowest BCUT2D eigenvalue weighted by atomic mass is 9.78. The Labute approximate surface area is 86.9 Å². The van der Waals surface area contributed by atoms with Crippen LogP contribution in [0.25, 0.3) is 0 Å². The van der Waals surface area contributed by atoms with E-state index in [4.69, 9.17) is 6.42 Å². The third-order valence-electron chi connectivity index (χ3n) is 4.19. The predicted molar refractivity (Wildman–Crippen MR) is 57.7 cm³/mol. The molecule has 2 aliphatic rings. The number of aliphatic hydroxyl groups is 1. The van der Waals surface area contributed by atoms with Crippen LogP contribution in [0.1, 0.15) is 51.4 Å². The molecule has 14 heavy (non-hydrogen) atoms. The molecule has 0 aromatic rings. The monoisotopic (exact) mass is 192 g/mol. The maximum Gasteiger partial charge on any atom is 0.0787 e. The second kappa shape index (κ2) is 3.95. The number of hydrogen-bond acceptors (Lipinski definition) is 1. The Kier molecular flexibility index (Phi) is 2.83. The predicted octanol–water partition coefficient (Wildman–Crippen LogP) is 2.73. The van der Waals surface area contributed by atoms with Gasteiger partial charge in [0.2, 0.25) is 0 Å². The smallest absolute Gasteiger partial charge is 0.0787 e. The minimum absolute atomic E-state index is 0.501. The lowest BCUT2D eigenvalue weighted by Crippen LogP contribution is -2.36. The molecule has 1 nitrogen and oxygen atoms in total. The van der Waals surface area contributed by atoms with Gasteiger partial charge in [-0.3, -0.25) is 0 Å². The second-order valence-corrected chi connectivity index (χ2v) is 5.03. The summed E-state index contributed by atoms with van der Waals surface area (Å²) < 4.78 is 0. The number of rotatable bonds is 2. The van der Waals surface area contributed by atoms with Crippen molar-refractivity contribution < 1.29 is 5.11 Å². The summed E-state index contributed by atoms with van der Waals surface area (Å²) in [6, 6.07) is 0. The average molecular weight is 192 g/mol. The Balaban J connectivity index is 2.06. The van der Waals surface area contributed by atoms with Crippen molar-refractivity contribution >= 4 is 0 Å². The van der Waals surface area contributed by atoms with Gasteiger partial charge in [0.25, 0.3) is 0 Å². The third kappa shape index (κ3) is 1.68. The normalized spacial score (nSPS) is 38.7. The maximum atomic E-state index is 10.5.